The summed E-state index contributed by atoms with van der Waals surface area (Å²) >= 11 is 0. The van der Waals surface area contributed by atoms with E-state index in [0.29, 0.717) is 30.8 Å². The van der Waals surface area contributed by atoms with E-state index < -0.39 is 6.17 Å². The lowest BCUT2D eigenvalue weighted by molar-refractivity contribution is 0.0649. The van der Waals surface area contributed by atoms with Gasteiger partial charge < -0.3 is 15.1 Å². The number of anilines is 1. The fourth-order valence-corrected chi connectivity index (χ4v) is 5.59. The number of nitrogens with zero attached hydrogens (tertiary/aromatic N) is 3. The van der Waals surface area contributed by atoms with E-state index >= 15 is 0 Å². The summed E-state index contributed by atoms with van der Waals surface area (Å²) in [5, 5.41) is 3.50. The van der Waals surface area contributed by atoms with Gasteiger partial charge in [-0.05, 0) is 47.5 Å². The lowest BCUT2D eigenvalue weighted by Crippen LogP contribution is -2.48. The molecule has 1 fully saturated rings. The minimum atomic E-state index is -0.420. The molecule has 7 heteroatoms. The predicted octanol–water partition coefficient (Wildman–Crippen LogP) is 6.06. The Bertz CT molecular complexity index is 1580. The molecule has 2 aliphatic rings. The van der Waals surface area contributed by atoms with E-state index in [2.05, 4.69) is 34.5 Å². The quantitative estimate of drug-likeness (QED) is 0.285. The van der Waals surface area contributed by atoms with Crippen LogP contribution in [-0.2, 0) is 6.54 Å². The molecule has 0 saturated carbocycles. The van der Waals surface area contributed by atoms with Gasteiger partial charge in [-0.25, -0.2) is 4.39 Å². The Morgan fingerprint density at radius 3 is 2.38 bits per heavy atom. The Morgan fingerprint density at radius 1 is 0.857 bits per heavy atom. The van der Waals surface area contributed by atoms with Crippen LogP contribution in [0.15, 0.2) is 109 Å². The average Bonchev–Trinajstić information content (AvgIpc) is 3.29. The molecule has 1 atom stereocenters. The van der Waals surface area contributed by atoms with Crippen molar-refractivity contribution >= 4 is 23.6 Å². The molecule has 1 unspecified atom stereocenters. The number of carbonyl (C=O) groups excluding carboxylic acids is 2. The maximum atomic E-state index is 13.5. The number of carbonyl (C=O) groups is 2. The second-order valence-electron chi connectivity index (χ2n) is 10.7. The van der Waals surface area contributed by atoms with Gasteiger partial charge in [0.15, 0.2) is 0 Å². The van der Waals surface area contributed by atoms with Crippen molar-refractivity contribution in [3.8, 4) is 0 Å². The first kappa shape index (κ1) is 27.4. The molecule has 4 aromatic carbocycles. The first-order chi connectivity index (χ1) is 20.5. The fraction of sp³-hybridized carbons (Fsp3) is 0.200. The molecule has 2 aliphatic heterocycles. The summed E-state index contributed by atoms with van der Waals surface area (Å²) in [6, 6.07) is 31.5. The van der Waals surface area contributed by atoms with Crippen molar-refractivity contribution in [1.29, 1.82) is 0 Å². The Hall–Kier alpha value is -4.75. The van der Waals surface area contributed by atoms with Gasteiger partial charge in [-0.1, -0.05) is 78.9 Å². The van der Waals surface area contributed by atoms with Gasteiger partial charge in [-0.3, -0.25) is 14.5 Å². The minimum Gasteiger partial charge on any atom is -0.361 e. The average molecular weight is 561 g/mol. The van der Waals surface area contributed by atoms with Crippen molar-refractivity contribution in [2.45, 2.75) is 12.7 Å². The molecule has 0 bridgehead atoms. The van der Waals surface area contributed by atoms with Crippen LogP contribution in [0.4, 0.5) is 10.1 Å². The third kappa shape index (κ3) is 6.11. The highest BCUT2D eigenvalue weighted by atomic mass is 19.1. The van der Waals surface area contributed by atoms with Gasteiger partial charge in [0, 0.05) is 61.6 Å². The van der Waals surface area contributed by atoms with Crippen LogP contribution < -0.4 is 5.32 Å². The van der Waals surface area contributed by atoms with E-state index in [0.717, 1.165) is 36.4 Å². The second kappa shape index (κ2) is 12.4. The third-order valence-electron chi connectivity index (χ3n) is 7.87. The maximum Gasteiger partial charge on any atom is 0.256 e. The van der Waals surface area contributed by atoms with Crippen LogP contribution in [0.25, 0.3) is 6.08 Å². The molecular weight excluding hydrogens is 527 g/mol. The monoisotopic (exact) mass is 560 g/mol. The standard InChI is InChI=1S/C35H33FN4O2/c36-29-17-15-27(16-18-29)25-40-33(31-13-4-5-14-32(31)35(40)42)37-30-12-6-11-28(24-30)34(41)39-22-20-38(21-23-39)19-7-10-26-8-2-1-3-9-26/h1-18,24,33,37H,19-23,25H2. The molecule has 1 N–H and O–H groups in total. The third-order valence-corrected chi connectivity index (χ3v) is 7.87. The van der Waals surface area contributed by atoms with Gasteiger partial charge >= 0.3 is 0 Å². The molecule has 4 aromatic rings. The molecule has 42 heavy (non-hydrogen) atoms. The maximum absolute atomic E-state index is 13.5. The van der Waals surface area contributed by atoms with Crippen molar-refractivity contribution in [2.24, 2.45) is 0 Å². The second-order valence-corrected chi connectivity index (χ2v) is 10.7. The van der Waals surface area contributed by atoms with Gasteiger partial charge in [-0.15, -0.1) is 0 Å². The van der Waals surface area contributed by atoms with E-state index in [9.17, 15) is 14.0 Å². The number of fused-ring (bicyclic) bond motifs is 1. The Labute approximate surface area is 245 Å². The van der Waals surface area contributed by atoms with Crippen molar-refractivity contribution in [2.75, 3.05) is 38.0 Å². The van der Waals surface area contributed by atoms with E-state index in [-0.39, 0.29) is 17.6 Å². The molecule has 0 radical (unpaired) electrons. The van der Waals surface area contributed by atoms with Crippen LogP contribution in [0.5, 0.6) is 0 Å². The molecule has 2 heterocycles. The highest BCUT2D eigenvalue weighted by molar-refractivity contribution is 5.99. The smallest absolute Gasteiger partial charge is 0.256 e. The number of benzene rings is 4. The van der Waals surface area contributed by atoms with Crippen LogP contribution in [-0.4, -0.2) is 59.2 Å². The van der Waals surface area contributed by atoms with E-state index in [1.807, 2.05) is 71.6 Å². The molecule has 1 saturated heterocycles. The highest BCUT2D eigenvalue weighted by Gasteiger charge is 2.36. The topological polar surface area (TPSA) is 55.9 Å². The van der Waals surface area contributed by atoms with Crippen LogP contribution >= 0.6 is 0 Å². The number of piperazine rings is 1. The van der Waals surface area contributed by atoms with Crippen molar-refractivity contribution in [1.82, 2.24) is 14.7 Å². The molecule has 212 valence electrons. The Balaban J connectivity index is 1.11. The van der Waals surface area contributed by atoms with E-state index in [1.54, 1.807) is 17.0 Å². The number of hydrogen-bond donors (Lipinski definition) is 1. The lowest BCUT2D eigenvalue weighted by Gasteiger charge is -2.34. The first-order valence-electron chi connectivity index (χ1n) is 14.3. The number of rotatable bonds is 8. The largest absolute Gasteiger partial charge is 0.361 e. The van der Waals surface area contributed by atoms with Gasteiger partial charge in [-0.2, -0.15) is 0 Å². The molecule has 0 aliphatic carbocycles. The number of halogens is 1. The van der Waals surface area contributed by atoms with E-state index in [1.165, 1.54) is 17.7 Å². The van der Waals surface area contributed by atoms with Crippen LogP contribution in [0.1, 0.15) is 43.6 Å². The predicted molar refractivity (Wildman–Crippen MR) is 163 cm³/mol. The summed E-state index contributed by atoms with van der Waals surface area (Å²) in [5.74, 6) is -0.396. The van der Waals surface area contributed by atoms with Gasteiger partial charge in [0.2, 0.25) is 0 Å². The Kier molecular flexibility index (Phi) is 8.10. The summed E-state index contributed by atoms with van der Waals surface area (Å²) in [6.45, 7) is 4.17. The summed E-state index contributed by atoms with van der Waals surface area (Å²) in [5.41, 5.74) is 4.90. The zero-order valence-electron chi connectivity index (χ0n) is 23.3. The zero-order valence-corrected chi connectivity index (χ0v) is 23.3. The van der Waals surface area contributed by atoms with Crippen LogP contribution in [0.3, 0.4) is 0 Å². The molecule has 6 rings (SSSR count). The van der Waals surface area contributed by atoms with Gasteiger partial charge in [0.25, 0.3) is 11.8 Å². The summed E-state index contributed by atoms with van der Waals surface area (Å²) in [7, 11) is 0. The number of hydrogen-bond acceptors (Lipinski definition) is 4. The van der Waals surface area contributed by atoms with Crippen molar-refractivity contribution in [3.63, 3.8) is 0 Å². The van der Waals surface area contributed by atoms with Crippen molar-refractivity contribution in [3.05, 3.63) is 143 Å². The first-order valence-corrected chi connectivity index (χ1v) is 14.3. The normalized spacial score (nSPS) is 17.1. The molecule has 2 amide bonds. The van der Waals surface area contributed by atoms with Gasteiger partial charge in [0.05, 0.1) is 0 Å². The van der Waals surface area contributed by atoms with Crippen LogP contribution in [0.2, 0.25) is 0 Å². The lowest BCUT2D eigenvalue weighted by atomic mass is 10.1. The van der Waals surface area contributed by atoms with Crippen molar-refractivity contribution < 1.29 is 14.0 Å². The molecule has 0 spiro atoms. The SMILES string of the molecule is O=C(c1cccc(NC2c3ccccc3C(=O)N2Cc2ccc(F)cc2)c1)N1CCN(CC=Cc2ccccc2)CC1. The highest BCUT2D eigenvalue weighted by Crippen LogP contribution is 2.35. The summed E-state index contributed by atoms with van der Waals surface area (Å²) in [6.07, 6.45) is 3.89. The molecule has 6 nitrogen and oxygen atoms in total. The summed E-state index contributed by atoms with van der Waals surface area (Å²) < 4.78 is 13.5. The molecule has 0 aromatic heterocycles. The summed E-state index contributed by atoms with van der Waals surface area (Å²) in [4.78, 5) is 32.8. The fourth-order valence-electron chi connectivity index (χ4n) is 5.59. The Morgan fingerprint density at radius 2 is 1.60 bits per heavy atom. The minimum absolute atomic E-state index is 0.00388. The number of amides is 2. The number of nitrogens with one attached hydrogen (secondary N) is 1. The molecular formula is C35H33FN4O2. The zero-order chi connectivity index (χ0) is 28.9. The van der Waals surface area contributed by atoms with E-state index in [4.69, 9.17) is 0 Å². The van der Waals surface area contributed by atoms with Gasteiger partial charge in [0.1, 0.15) is 12.0 Å². The van der Waals surface area contributed by atoms with Crippen LogP contribution in [0, 0.1) is 5.82 Å².